The Bertz CT molecular complexity index is 745. The normalized spacial score (nSPS) is 11.6. The fourth-order valence-electron chi connectivity index (χ4n) is 3.31. The summed E-state index contributed by atoms with van der Waals surface area (Å²) in [5.74, 6) is -1.73. The van der Waals surface area contributed by atoms with Crippen molar-refractivity contribution in [3.63, 3.8) is 0 Å². The second-order valence-electron chi connectivity index (χ2n) is 7.48. The average molecular weight is 491 g/mol. The number of ether oxygens (including phenoxy) is 1. The molecule has 0 radical (unpaired) electrons. The molecule has 0 bridgehead atoms. The number of benzene rings is 1. The van der Waals surface area contributed by atoms with Crippen LogP contribution in [0, 0.1) is 5.92 Å². The van der Waals surface area contributed by atoms with E-state index in [4.69, 9.17) is 45.1 Å². The number of rotatable bonds is 15. The van der Waals surface area contributed by atoms with Gasteiger partial charge in [-0.15, -0.1) is 0 Å². The van der Waals surface area contributed by atoms with Crippen molar-refractivity contribution < 1.29 is 14.3 Å². The van der Waals surface area contributed by atoms with Crippen LogP contribution in [-0.4, -0.2) is 18.5 Å². The summed E-state index contributed by atoms with van der Waals surface area (Å²) in [5, 5.41) is 3.94. The molecule has 1 aromatic rings. The maximum Gasteiger partial charge on any atom is 0.348 e. The number of halogens is 3. The van der Waals surface area contributed by atoms with Gasteiger partial charge in [0.2, 0.25) is 0 Å². The number of carbonyl (C=O) groups excluding carboxylic acids is 2. The lowest BCUT2D eigenvalue weighted by Crippen LogP contribution is -2.21. The van der Waals surface area contributed by atoms with Crippen LogP contribution in [0.1, 0.15) is 87.9 Å². The molecule has 0 aromatic heterocycles. The van der Waals surface area contributed by atoms with Gasteiger partial charge >= 0.3 is 11.9 Å². The van der Waals surface area contributed by atoms with Gasteiger partial charge in [0.1, 0.15) is 0 Å². The number of esters is 2. The number of hydrogen-bond acceptors (Lipinski definition) is 4. The standard InChI is InChI=1S/C22H30Cl3N3O3/c1-2-16(12-10-8-6-4-3-5-7-9-11-13-27-28-26)21(29)31-22(30)20-18(24)14-17(23)15-19(20)25/h14-16H,2-13H2,1H3. The van der Waals surface area contributed by atoms with Crippen LogP contribution in [0.25, 0.3) is 10.4 Å². The van der Waals surface area contributed by atoms with Crippen molar-refractivity contribution in [2.24, 2.45) is 11.0 Å². The third-order valence-corrected chi connectivity index (χ3v) is 5.92. The van der Waals surface area contributed by atoms with E-state index in [0.717, 1.165) is 32.1 Å². The fraction of sp³-hybridized carbons (Fsp3) is 0.636. The van der Waals surface area contributed by atoms with E-state index in [0.29, 0.717) is 24.4 Å². The van der Waals surface area contributed by atoms with Gasteiger partial charge in [0, 0.05) is 16.5 Å². The molecule has 0 spiro atoms. The molecule has 172 valence electrons. The summed E-state index contributed by atoms with van der Waals surface area (Å²) < 4.78 is 5.03. The lowest BCUT2D eigenvalue weighted by Gasteiger charge is -2.14. The van der Waals surface area contributed by atoms with Crippen LogP contribution in [0.4, 0.5) is 0 Å². The summed E-state index contributed by atoms with van der Waals surface area (Å²) >= 11 is 17.9. The molecule has 0 heterocycles. The molecule has 9 heteroatoms. The van der Waals surface area contributed by atoms with Crippen molar-refractivity contribution in [3.05, 3.63) is 43.2 Å². The molecule has 0 amide bonds. The zero-order valence-electron chi connectivity index (χ0n) is 17.9. The summed E-state index contributed by atoms with van der Waals surface area (Å²) in [4.78, 5) is 27.5. The smallest absolute Gasteiger partial charge is 0.348 e. The van der Waals surface area contributed by atoms with Crippen LogP contribution in [-0.2, 0) is 9.53 Å². The molecule has 0 saturated carbocycles. The summed E-state index contributed by atoms with van der Waals surface area (Å²) in [6.45, 7) is 2.49. The highest BCUT2D eigenvalue weighted by Gasteiger charge is 2.24. The molecule has 0 N–H and O–H groups in total. The Morgan fingerprint density at radius 3 is 2.00 bits per heavy atom. The maximum atomic E-state index is 12.4. The first-order chi connectivity index (χ1) is 14.9. The topological polar surface area (TPSA) is 92.1 Å². The third kappa shape index (κ3) is 11.1. The van der Waals surface area contributed by atoms with E-state index in [1.54, 1.807) is 0 Å². The third-order valence-electron chi connectivity index (χ3n) is 5.10. The van der Waals surface area contributed by atoms with Gasteiger partial charge in [-0.2, -0.15) is 0 Å². The van der Waals surface area contributed by atoms with E-state index in [-0.39, 0.29) is 21.5 Å². The SMILES string of the molecule is CCC(CCCCCCCCCCCN=[N+]=[N-])C(=O)OC(=O)c1c(Cl)cc(Cl)cc1Cl. The van der Waals surface area contributed by atoms with E-state index in [9.17, 15) is 9.59 Å². The Hall–Kier alpha value is -1.46. The van der Waals surface area contributed by atoms with Crippen LogP contribution in [0.3, 0.4) is 0 Å². The van der Waals surface area contributed by atoms with E-state index >= 15 is 0 Å². The Morgan fingerprint density at radius 1 is 0.968 bits per heavy atom. The van der Waals surface area contributed by atoms with Gasteiger partial charge in [-0.1, -0.05) is 98.2 Å². The summed E-state index contributed by atoms with van der Waals surface area (Å²) in [6, 6.07) is 2.77. The van der Waals surface area contributed by atoms with Gasteiger partial charge in [-0.05, 0) is 36.9 Å². The molecule has 1 unspecified atom stereocenters. The van der Waals surface area contributed by atoms with Gasteiger partial charge in [-0.3, -0.25) is 4.79 Å². The fourth-order valence-corrected chi connectivity index (χ4v) is 4.28. The van der Waals surface area contributed by atoms with Gasteiger partial charge in [0.05, 0.1) is 21.5 Å². The second kappa shape index (κ2) is 16.2. The number of hydrogen-bond donors (Lipinski definition) is 0. The molecule has 0 aliphatic rings. The lowest BCUT2D eigenvalue weighted by atomic mass is 9.97. The Kier molecular flexibility index (Phi) is 14.4. The maximum absolute atomic E-state index is 12.4. The molecule has 31 heavy (non-hydrogen) atoms. The number of azide groups is 1. The van der Waals surface area contributed by atoms with Gasteiger partial charge in [0.15, 0.2) is 0 Å². The van der Waals surface area contributed by atoms with Gasteiger partial charge in [-0.25, -0.2) is 4.79 Å². The van der Waals surface area contributed by atoms with Gasteiger partial charge < -0.3 is 4.74 Å². The molecule has 0 fully saturated rings. The minimum absolute atomic E-state index is 0.0475. The molecule has 1 aromatic carbocycles. The van der Waals surface area contributed by atoms with Crippen LogP contribution in [0.2, 0.25) is 15.1 Å². The highest BCUT2D eigenvalue weighted by atomic mass is 35.5. The zero-order valence-corrected chi connectivity index (χ0v) is 20.2. The minimum atomic E-state index is -0.852. The number of carbonyl (C=O) groups is 2. The van der Waals surface area contributed by atoms with Crippen LogP contribution < -0.4 is 0 Å². The van der Waals surface area contributed by atoms with Gasteiger partial charge in [0.25, 0.3) is 0 Å². The van der Waals surface area contributed by atoms with Crippen LogP contribution in [0.15, 0.2) is 17.2 Å². The molecule has 0 saturated heterocycles. The van der Waals surface area contributed by atoms with E-state index in [1.807, 2.05) is 6.92 Å². The summed E-state index contributed by atoms with van der Waals surface area (Å²) in [6.07, 6.45) is 11.1. The number of nitrogens with zero attached hydrogens (tertiary/aromatic N) is 3. The molecule has 0 aliphatic carbocycles. The molecule has 1 atom stereocenters. The predicted molar refractivity (Wildman–Crippen MR) is 126 cm³/mol. The van der Waals surface area contributed by atoms with Crippen molar-refractivity contribution in [3.8, 4) is 0 Å². The van der Waals surface area contributed by atoms with E-state index in [1.165, 1.54) is 37.8 Å². The van der Waals surface area contributed by atoms with E-state index in [2.05, 4.69) is 10.0 Å². The Balaban J connectivity index is 2.25. The summed E-state index contributed by atoms with van der Waals surface area (Å²) in [7, 11) is 0. The van der Waals surface area contributed by atoms with Crippen molar-refractivity contribution in [1.29, 1.82) is 0 Å². The first-order valence-electron chi connectivity index (χ1n) is 10.8. The van der Waals surface area contributed by atoms with Crippen molar-refractivity contribution >= 4 is 46.7 Å². The molecule has 1 rings (SSSR count). The Labute approximate surface area is 199 Å². The van der Waals surface area contributed by atoms with Crippen LogP contribution in [0.5, 0.6) is 0 Å². The largest absolute Gasteiger partial charge is 0.389 e. The predicted octanol–water partition coefficient (Wildman–Crippen LogP) is 8.57. The van der Waals surface area contributed by atoms with Crippen LogP contribution >= 0.6 is 34.8 Å². The quantitative estimate of drug-likeness (QED) is 0.0615. The molecule has 6 nitrogen and oxygen atoms in total. The summed E-state index contributed by atoms with van der Waals surface area (Å²) in [5.41, 5.74) is 8.16. The molecular weight excluding hydrogens is 461 g/mol. The Morgan fingerprint density at radius 2 is 1.48 bits per heavy atom. The first-order valence-corrected chi connectivity index (χ1v) is 12.0. The van der Waals surface area contributed by atoms with E-state index < -0.39 is 11.9 Å². The van der Waals surface area contributed by atoms with Crippen molar-refractivity contribution in [2.75, 3.05) is 6.54 Å². The molecule has 0 aliphatic heterocycles. The molecular formula is C22H30Cl3N3O3. The first kappa shape index (κ1) is 27.6. The lowest BCUT2D eigenvalue weighted by molar-refractivity contribution is -0.143. The monoisotopic (exact) mass is 489 g/mol. The highest BCUT2D eigenvalue weighted by molar-refractivity contribution is 6.42. The second-order valence-corrected chi connectivity index (χ2v) is 8.73. The zero-order chi connectivity index (χ0) is 23.1. The van der Waals surface area contributed by atoms with Crippen molar-refractivity contribution in [1.82, 2.24) is 0 Å². The number of unbranched alkanes of at least 4 members (excludes halogenated alkanes) is 8. The average Bonchev–Trinajstić information content (AvgIpc) is 2.70. The minimum Gasteiger partial charge on any atom is -0.389 e. The van der Waals surface area contributed by atoms with Crippen molar-refractivity contribution in [2.45, 2.75) is 77.6 Å². The highest BCUT2D eigenvalue weighted by Crippen LogP contribution is 2.30.